The van der Waals surface area contributed by atoms with Crippen molar-refractivity contribution < 1.29 is 14.3 Å². The van der Waals surface area contributed by atoms with Crippen LogP contribution in [-0.2, 0) is 0 Å². The highest BCUT2D eigenvalue weighted by atomic mass is 19.1. The van der Waals surface area contributed by atoms with Crippen LogP contribution < -0.4 is 11.2 Å². The van der Waals surface area contributed by atoms with E-state index in [-0.39, 0.29) is 5.69 Å². The van der Waals surface area contributed by atoms with Gasteiger partial charge in [-0.25, -0.2) is 14.0 Å². The average molecular weight is 251 g/mol. The molecule has 2 N–H and O–H groups in total. The van der Waals surface area contributed by atoms with Crippen LogP contribution in [0, 0.1) is 5.82 Å². The summed E-state index contributed by atoms with van der Waals surface area (Å²) in [6.45, 7) is 0. The van der Waals surface area contributed by atoms with E-state index in [0.29, 0.717) is 4.68 Å². The summed E-state index contributed by atoms with van der Waals surface area (Å²) < 4.78 is 13.9. The van der Waals surface area contributed by atoms with Crippen LogP contribution in [0.25, 0.3) is 5.69 Å². The number of hydrogen-bond acceptors (Lipinski definition) is 4. The molecule has 2 rings (SSSR count). The molecule has 18 heavy (non-hydrogen) atoms. The van der Waals surface area contributed by atoms with Crippen LogP contribution in [0.5, 0.6) is 0 Å². The molecule has 0 fully saturated rings. The number of aromatic amines is 1. The summed E-state index contributed by atoms with van der Waals surface area (Å²) in [6, 6.07) is 5.15. The minimum Gasteiger partial charge on any atom is -0.476 e. The molecule has 0 bridgehead atoms. The van der Waals surface area contributed by atoms with E-state index in [4.69, 9.17) is 5.11 Å². The summed E-state index contributed by atoms with van der Waals surface area (Å²) >= 11 is 0. The Morgan fingerprint density at radius 1 is 1.33 bits per heavy atom. The molecule has 0 aliphatic carbocycles. The predicted octanol–water partition coefficient (Wildman–Crippen LogP) is -0.242. The summed E-state index contributed by atoms with van der Waals surface area (Å²) in [6.07, 6.45) is 0. The maximum absolute atomic E-state index is 13.4. The number of para-hydroxylation sites is 1. The predicted molar refractivity (Wildman–Crippen MR) is 57.4 cm³/mol. The van der Waals surface area contributed by atoms with Crippen LogP contribution in [-0.4, -0.2) is 25.8 Å². The topological polar surface area (TPSA) is 105 Å². The van der Waals surface area contributed by atoms with Gasteiger partial charge >= 0.3 is 11.7 Å². The molecule has 0 aliphatic heterocycles. The lowest BCUT2D eigenvalue weighted by Crippen LogP contribution is -2.36. The second-order valence-electron chi connectivity index (χ2n) is 3.28. The summed E-state index contributed by atoms with van der Waals surface area (Å²) in [5.74, 6) is -2.38. The number of H-pyrrole nitrogens is 1. The van der Waals surface area contributed by atoms with E-state index < -0.39 is 28.7 Å². The standard InChI is InChI=1S/C10H6FN3O4/c11-5-3-1-2-4-6(5)14-10(18)12-8(15)7(13-14)9(16)17/h1-4H,(H,16,17)(H,12,15,18). The summed E-state index contributed by atoms with van der Waals surface area (Å²) in [7, 11) is 0. The van der Waals surface area contributed by atoms with Crippen molar-refractivity contribution >= 4 is 5.97 Å². The van der Waals surface area contributed by atoms with Gasteiger partial charge in [0.05, 0.1) is 0 Å². The summed E-state index contributed by atoms with van der Waals surface area (Å²) in [5, 5.41) is 12.0. The first-order valence-corrected chi connectivity index (χ1v) is 4.72. The van der Waals surface area contributed by atoms with Gasteiger partial charge in [-0.2, -0.15) is 9.78 Å². The van der Waals surface area contributed by atoms with Gasteiger partial charge in [0.1, 0.15) is 11.5 Å². The van der Waals surface area contributed by atoms with Gasteiger partial charge in [-0.1, -0.05) is 12.1 Å². The molecule has 8 heteroatoms. The van der Waals surface area contributed by atoms with Crippen molar-refractivity contribution in [2.24, 2.45) is 0 Å². The van der Waals surface area contributed by atoms with E-state index in [2.05, 4.69) is 5.10 Å². The molecule has 0 saturated heterocycles. The van der Waals surface area contributed by atoms with Gasteiger partial charge in [-0.15, -0.1) is 0 Å². The molecule has 1 aromatic carbocycles. The highest BCUT2D eigenvalue weighted by Gasteiger charge is 2.15. The monoisotopic (exact) mass is 251 g/mol. The zero-order valence-electron chi connectivity index (χ0n) is 8.75. The lowest BCUT2D eigenvalue weighted by atomic mass is 10.3. The molecule has 0 unspecified atom stereocenters. The molecule has 0 saturated carbocycles. The van der Waals surface area contributed by atoms with Gasteiger partial charge in [0.25, 0.3) is 5.56 Å². The molecule has 92 valence electrons. The first kappa shape index (κ1) is 11.7. The third-order valence-electron chi connectivity index (χ3n) is 2.11. The van der Waals surface area contributed by atoms with Crippen molar-refractivity contribution in [1.82, 2.24) is 14.8 Å². The molecule has 0 radical (unpaired) electrons. The van der Waals surface area contributed by atoms with Crippen molar-refractivity contribution in [1.29, 1.82) is 0 Å². The van der Waals surface area contributed by atoms with Gasteiger partial charge in [0.15, 0.2) is 0 Å². The van der Waals surface area contributed by atoms with Crippen LogP contribution in [0.15, 0.2) is 33.9 Å². The molecule has 7 nitrogen and oxygen atoms in total. The minimum atomic E-state index is -1.61. The minimum absolute atomic E-state index is 0.249. The fourth-order valence-corrected chi connectivity index (χ4v) is 1.33. The molecule has 1 heterocycles. The lowest BCUT2D eigenvalue weighted by Gasteiger charge is -2.04. The van der Waals surface area contributed by atoms with Gasteiger partial charge in [0.2, 0.25) is 5.69 Å². The van der Waals surface area contributed by atoms with Crippen molar-refractivity contribution in [3.8, 4) is 5.69 Å². The van der Waals surface area contributed by atoms with Crippen molar-refractivity contribution in [3.63, 3.8) is 0 Å². The average Bonchev–Trinajstić information content (AvgIpc) is 2.30. The fraction of sp³-hybridized carbons (Fsp3) is 0. The molecular formula is C10H6FN3O4. The first-order chi connectivity index (χ1) is 8.50. The van der Waals surface area contributed by atoms with Gasteiger partial charge in [0, 0.05) is 0 Å². The van der Waals surface area contributed by atoms with Crippen LogP contribution in [0.2, 0.25) is 0 Å². The van der Waals surface area contributed by atoms with Crippen LogP contribution in [0.4, 0.5) is 4.39 Å². The van der Waals surface area contributed by atoms with E-state index in [1.165, 1.54) is 18.2 Å². The second-order valence-corrected chi connectivity index (χ2v) is 3.28. The summed E-state index contributed by atoms with van der Waals surface area (Å²) in [4.78, 5) is 35.1. The van der Waals surface area contributed by atoms with Gasteiger partial charge < -0.3 is 5.11 Å². The number of aromatic carboxylic acids is 1. The first-order valence-electron chi connectivity index (χ1n) is 4.72. The number of benzene rings is 1. The van der Waals surface area contributed by atoms with E-state index in [1.807, 2.05) is 0 Å². The number of nitrogens with one attached hydrogen (secondary N) is 1. The highest BCUT2D eigenvalue weighted by molar-refractivity contribution is 5.84. The Kier molecular flexibility index (Phi) is 2.76. The molecule has 0 aliphatic rings. The van der Waals surface area contributed by atoms with Crippen molar-refractivity contribution in [3.05, 3.63) is 56.6 Å². The number of halogens is 1. The van der Waals surface area contributed by atoms with Crippen LogP contribution in [0.3, 0.4) is 0 Å². The number of hydrogen-bond donors (Lipinski definition) is 2. The number of carboxylic acids is 1. The summed E-state index contributed by atoms with van der Waals surface area (Å²) in [5.41, 5.74) is -3.30. The molecule has 2 aromatic rings. The van der Waals surface area contributed by atoms with E-state index in [1.54, 1.807) is 4.98 Å². The fourth-order valence-electron chi connectivity index (χ4n) is 1.33. The van der Waals surface area contributed by atoms with Gasteiger partial charge in [-0.3, -0.25) is 9.78 Å². The number of aromatic nitrogens is 3. The van der Waals surface area contributed by atoms with Crippen molar-refractivity contribution in [2.45, 2.75) is 0 Å². The maximum atomic E-state index is 13.4. The quantitative estimate of drug-likeness (QED) is 0.766. The smallest absolute Gasteiger partial charge is 0.362 e. The lowest BCUT2D eigenvalue weighted by molar-refractivity contribution is 0.0685. The molecule has 1 aromatic heterocycles. The highest BCUT2D eigenvalue weighted by Crippen LogP contribution is 2.08. The number of carbonyl (C=O) groups is 1. The van der Waals surface area contributed by atoms with Crippen LogP contribution >= 0.6 is 0 Å². The number of carboxylic acid groups (broad SMARTS) is 1. The Bertz CT molecular complexity index is 734. The largest absolute Gasteiger partial charge is 0.476 e. The zero-order valence-corrected chi connectivity index (χ0v) is 8.75. The SMILES string of the molecule is O=C(O)c1nn(-c2ccccc2F)c(=O)[nH]c1=O. The molecule has 0 atom stereocenters. The zero-order chi connectivity index (χ0) is 13.3. The van der Waals surface area contributed by atoms with E-state index >= 15 is 0 Å². The third kappa shape index (κ3) is 1.90. The van der Waals surface area contributed by atoms with E-state index in [9.17, 15) is 18.8 Å². The molecule has 0 spiro atoms. The maximum Gasteiger partial charge on any atom is 0.362 e. The number of nitrogens with zero attached hydrogens (tertiary/aromatic N) is 2. The van der Waals surface area contributed by atoms with Crippen LogP contribution in [0.1, 0.15) is 10.5 Å². The Hall–Kier alpha value is -2.77. The number of rotatable bonds is 2. The Balaban J connectivity index is 2.77. The Morgan fingerprint density at radius 2 is 2.00 bits per heavy atom. The normalized spacial score (nSPS) is 10.3. The molecular weight excluding hydrogens is 245 g/mol. The molecule has 0 amide bonds. The Labute approximate surface area is 98.1 Å². The Morgan fingerprint density at radius 3 is 2.61 bits per heavy atom. The third-order valence-corrected chi connectivity index (χ3v) is 2.11. The second kappa shape index (κ2) is 4.24. The van der Waals surface area contributed by atoms with Gasteiger partial charge in [-0.05, 0) is 12.1 Å². The van der Waals surface area contributed by atoms with Crippen molar-refractivity contribution in [2.75, 3.05) is 0 Å². The van der Waals surface area contributed by atoms with E-state index in [0.717, 1.165) is 6.07 Å².